The van der Waals surface area contributed by atoms with Crippen molar-refractivity contribution in [1.29, 1.82) is 0 Å². The van der Waals surface area contributed by atoms with Gasteiger partial charge < -0.3 is 15.9 Å². The second kappa shape index (κ2) is 6.24. The SMILES string of the molecule is NC(NC(N)C1CC=Cc2c1oc1ccccc21)c1ccccc1. The van der Waals surface area contributed by atoms with Gasteiger partial charge in [-0.3, -0.25) is 5.32 Å². The van der Waals surface area contributed by atoms with E-state index >= 15 is 0 Å². The van der Waals surface area contributed by atoms with E-state index in [1.807, 2.05) is 48.5 Å². The van der Waals surface area contributed by atoms with Crippen LogP contribution < -0.4 is 16.8 Å². The van der Waals surface area contributed by atoms with E-state index in [0.717, 1.165) is 34.3 Å². The molecule has 4 heteroatoms. The molecule has 0 bridgehead atoms. The Morgan fingerprint density at radius 2 is 1.75 bits per heavy atom. The number of hydrogen-bond donors (Lipinski definition) is 3. The molecule has 4 nitrogen and oxygen atoms in total. The van der Waals surface area contributed by atoms with E-state index in [2.05, 4.69) is 23.5 Å². The summed E-state index contributed by atoms with van der Waals surface area (Å²) >= 11 is 0. The summed E-state index contributed by atoms with van der Waals surface area (Å²) in [4.78, 5) is 0. The van der Waals surface area contributed by atoms with Crippen molar-refractivity contribution in [3.05, 3.63) is 77.6 Å². The van der Waals surface area contributed by atoms with Gasteiger partial charge in [0.2, 0.25) is 0 Å². The zero-order chi connectivity index (χ0) is 16.5. The highest BCUT2D eigenvalue weighted by molar-refractivity contribution is 5.89. The van der Waals surface area contributed by atoms with Crippen LogP contribution in [-0.4, -0.2) is 6.17 Å². The van der Waals surface area contributed by atoms with E-state index in [1.165, 1.54) is 0 Å². The first-order chi connectivity index (χ1) is 11.7. The molecular formula is C20H21N3O. The number of nitrogens with one attached hydrogen (secondary N) is 1. The smallest absolute Gasteiger partial charge is 0.134 e. The Balaban J connectivity index is 1.60. The van der Waals surface area contributed by atoms with E-state index in [1.54, 1.807) is 0 Å². The van der Waals surface area contributed by atoms with Gasteiger partial charge in [0.05, 0.1) is 12.3 Å². The normalized spacial score (nSPS) is 19.2. The molecule has 3 atom stereocenters. The molecule has 0 saturated carbocycles. The second-order valence-electron chi connectivity index (χ2n) is 6.20. The van der Waals surface area contributed by atoms with Gasteiger partial charge in [0.25, 0.3) is 0 Å². The summed E-state index contributed by atoms with van der Waals surface area (Å²) < 4.78 is 6.10. The lowest BCUT2D eigenvalue weighted by Crippen LogP contribution is -2.47. The monoisotopic (exact) mass is 319 g/mol. The summed E-state index contributed by atoms with van der Waals surface area (Å²) in [6.07, 6.45) is 4.53. The van der Waals surface area contributed by atoms with Crippen LogP contribution in [0.1, 0.15) is 35.4 Å². The van der Waals surface area contributed by atoms with E-state index in [-0.39, 0.29) is 18.2 Å². The number of allylic oxidation sites excluding steroid dienone is 1. The van der Waals surface area contributed by atoms with Crippen LogP contribution in [0.2, 0.25) is 0 Å². The summed E-state index contributed by atoms with van der Waals surface area (Å²) in [6.45, 7) is 0. The number of para-hydroxylation sites is 1. The maximum absolute atomic E-state index is 6.44. The molecule has 1 aliphatic rings. The molecule has 3 unspecified atom stereocenters. The van der Waals surface area contributed by atoms with E-state index in [4.69, 9.17) is 15.9 Å². The molecule has 0 fully saturated rings. The first-order valence-corrected chi connectivity index (χ1v) is 8.24. The molecule has 0 aliphatic heterocycles. The fourth-order valence-electron chi connectivity index (χ4n) is 3.36. The molecule has 1 heterocycles. The highest BCUT2D eigenvalue weighted by Crippen LogP contribution is 2.38. The molecule has 0 saturated heterocycles. The van der Waals surface area contributed by atoms with Gasteiger partial charge in [0.15, 0.2) is 0 Å². The minimum absolute atomic E-state index is 0.0622. The third kappa shape index (κ3) is 2.65. The van der Waals surface area contributed by atoms with E-state index in [0.29, 0.717) is 0 Å². The Labute approximate surface area is 141 Å². The van der Waals surface area contributed by atoms with Gasteiger partial charge in [-0.05, 0) is 18.1 Å². The summed E-state index contributed by atoms with van der Waals surface area (Å²) in [7, 11) is 0. The Kier molecular flexibility index (Phi) is 3.94. The quantitative estimate of drug-likeness (QED) is 0.644. The lowest BCUT2D eigenvalue weighted by molar-refractivity contribution is 0.354. The van der Waals surface area contributed by atoms with Crippen LogP contribution in [0, 0.1) is 0 Å². The van der Waals surface area contributed by atoms with Crippen molar-refractivity contribution in [2.45, 2.75) is 24.7 Å². The summed E-state index contributed by atoms with van der Waals surface area (Å²) in [5, 5.41) is 4.45. The van der Waals surface area contributed by atoms with Gasteiger partial charge in [0.1, 0.15) is 11.3 Å². The van der Waals surface area contributed by atoms with Gasteiger partial charge in [-0.15, -0.1) is 0 Å². The fourth-order valence-corrected chi connectivity index (χ4v) is 3.36. The maximum atomic E-state index is 6.44. The van der Waals surface area contributed by atoms with Crippen molar-refractivity contribution in [2.75, 3.05) is 0 Å². The van der Waals surface area contributed by atoms with Crippen LogP contribution in [-0.2, 0) is 0 Å². The zero-order valence-corrected chi connectivity index (χ0v) is 13.4. The van der Waals surface area contributed by atoms with Crippen molar-refractivity contribution in [3.63, 3.8) is 0 Å². The predicted octanol–water partition coefficient (Wildman–Crippen LogP) is 3.47. The summed E-state index contributed by atoms with van der Waals surface area (Å²) in [5.41, 5.74) is 15.7. The fraction of sp³-hybridized carbons (Fsp3) is 0.200. The third-order valence-corrected chi connectivity index (χ3v) is 4.64. The van der Waals surface area contributed by atoms with E-state index in [9.17, 15) is 0 Å². The molecule has 24 heavy (non-hydrogen) atoms. The number of hydrogen-bond acceptors (Lipinski definition) is 4. The lowest BCUT2D eigenvalue weighted by atomic mass is 9.90. The molecule has 122 valence electrons. The average molecular weight is 319 g/mol. The van der Waals surface area contributed by atoms with E-state index < -0.39 is 0 Å². The molecule has 3 aromatic rings. The molecule has 5 N–H and O–H groups in total. The van der Waals surface area contributed by atoms with Crippen molar-refractivity contribution < 1.29 is 4.42 Å². The molecule has 0 radical (unpaired) electrons. The number of benzene rings is 2. The summed E-state index contributed by atoms with van der Waals surface area (Å²) in [6, 6.07) is 18.0. The Hall–Kier alpha value is -2.40. The zero-order valence-electron chi connectivity index (χ0n) is 13.4. The summed E-state index contributed by atoms with van der Waals surface area (Å²) in [5.74, 6) is 1.01. The molecular weight excluding hydrogens is 298 g/mol. The Morgan fingerprint density at radius 1 is 1.00 bits per heavy atom. The second-order valence-corrected chi connectivity index (χ2v) is 6.20. The Bertz CT molecular complexity index is 869. The predicted molar refractivity (Wildman–Crippen MR) is 97.1 cm³/mol. The Morgan fingerprint density at radius 3 is 2.58 bits per heavy atom. The largest absolute Gasteiger partial charge is 0.460 e. The number of fused-ring (bicyclic) bond motifs is 3. The van der Waals surface area contributed by atoms with Gasteiger partial charge in [-0.1, -0.05) is 60.7 Å². The van der Waals surface area contributed by atoms with Crippen LogP contribution in [0.5, 0.6) is 0 Å². The first kappa shape index (κ1) is 15.1. The van der Waals surface area contributed by atoms with Crippen LogP contribution >= 0.6 is 0 Å². The van der Waals surface area contributed by atoms with Gasteiger partial charge >= 0.3 is 0 Å². The minimum atomic E-state index is -0.306. The first-order valence-electron chi connectivity index (χ1n) is 8.24. The van der Waals surface area contributed by atoms with Gasteiger partial charge in [0, 0.05) is 16.9 Å². The molecule has 1 aromatic heterocycles. The molecule has 1 aliphatic carbocycles. The van der Waals surface area contributed by atoms with Crippen LogP contribution in [0.3, 0.4) is 0 Å². The highest BCUT2D eigenvalue weighted by atomic mass is 16.3. The van der Waals surface area contributed by atoms with Crippen LogP contribution in [0.4, 0.5) is 0 Å². The van der Waals surface area contributed by atoms with Gasteiger partial charge in [-0.2, -0.15) is 0 Å². The highest BCUT2D eigenvalue weighted by Gasteiger charge is 2.29. The number of rotatable bonds is 4. The van der Waals surface area contributed by atoms with Crippen molar-refractivity contribution in [1.82, 2.24) is 5.32 Å². The lowest BCUT2D eigenvalue weighted by Gasteiger charge is -2.28. The van der Waals surface area contributed by atoms with Crippen molar-refractivity contribution in [2.24, 2.45) is 11.5 Å². The number of furan rings is 1. The van der Waals surface area contributed by atoms with Gasteiger partial charge in [-0.25, -0.2) is 0 Å². The number of nitrogens with two attached hydrogens (primary N) is 2. The van der Waals surface area contributed by atoms with Crippen molar-refractivity contribution in [3.8, 4) is 0 Å². The van der Waals surface area contributed by atoms with Crippen molar-refractivity contribution >= 4 is 17.0 Å². The third-order valence-electron chi connectivity index (χ3n) is 4.64. The molecule has 0 amide bonds. The molecule has 2 aromatic carbocycles. The maximum Gasteiger partial charge on any atom is 0.134 e. The standard InChI is InChI=1S/C20H21N3O/c21-19(13-7-2-1-3-8-13)23-20(22)16-11-6-10-15-14-9-4-5-12-17(14)24-18(15)16/h1-10,12,16,19-20,23H,11,21-22H2. The topological polar surface area (TPSA) is 77.2 Å². The minimum Gasteiger partial charge on any atom is -0.460 e. The average Bonchev–Trinajstić information content (AvgIpc) is 3.01. The van der Waals surface area contributed by atoms with Crippen LogP contribution in [0.15, 0.2) is 65.1 Å². The van der Waals surface area contributed by atoms with Crippen LogP contribution in [0.25, 0.3) is 17.0 Å². The molecule has 4 rings (SSSR count). The molecule has 0 spiro atoms.